The number of ether oxygens (including phenoxy) is 1. The topological polar surface area (TPSA) is 66.8 Å². The molecule has 1 fully saturated rings. The van der Waals surface area contributed by atoms with Gasteiger partial charge in [0.25, 0.3) is 11.7 Å². The van der Waals surface area contributed by atoms with Crippen molar-refractivity contribution in [1.82, 2.24) is 0 Å². The summed E-state index contributed by atoms with van der Waals surface area (Å²) in [6.45, 7) is 12.8. The molecule has 5 heteroatoms. The summed E-state index contributed by atoms with van der Waals surface area (Å²) in [6, 6.07) is 20.0. The van der Waals surface area contributed by atoms with Gasteiger partial charge in [-0.05, 0) is 72.7 Å². The van der Waals surface area contributed by atoms with E-state index >= 15 is 0 Å². The van der Waals surface area contributed by atoms with Gasteiger partial charge >= 0.3 is 0 Å². The molecule has 0 radical (unpaired) electrons. The second kappa shape index (κ2) is 10.6. The van der Waals surface area contributed by atoms with Gasteiger partial charge < -0.3 is 9.84 Å². The van der Waals surface area contributed by atoms with E-state index in [-0.39, 0.29) is 11.3 Å². The highest BCUT2D eigenvalue weighted by atomic mass is 16.5. The minimum Gasteiger partial charge on any atom is -0.507 e. The average Bonchev–Trinajstić information content (AvgIpc) is 3.13. The van der Waals surface area contributed by atoms with Gasteiger partial charge in [0.15, 0.2) is 0 Å². The zero-order valence-corrected chi connectivity index (χ0v) is 22.4. The molecular formula is C32H35NO4. The van der Waals surface area contributed by atoms with Crippen LogP contribution in [0, 0.1) is 19.8 Å². The fraction of sp³-hybridized carbons (Fsp3) is 0.312. The third kappa shape index (κ3) is 5.31. The maximum absolute atomic E-state index is 13.4. The Morgan fingerprint density at radius 2 is 1.65 bits per heavy atom. The van der Waals surface area contributed by atoms with E-state index in [9.17, 15) is 14.7 Å². The van der Waals surface area contributed by atoms with Gasteiger partial charge in [-0.1, -0.05) is 69.7 Å². The Hall–Kier alpha value is -3.86. The van der Waals surface area contributed by atoms with Crippen molar-refractivity contribution in [1.29, 1.82) is 0 Å². The van der Waals surface area contributed by atoms with Gasteiger partial charge in [0, 0.05) is 11.3 Å². The molecule has 1 aliphatic rings. The lowest BCUT2D eigenvalue weighted by molar-refractivity contribution is -0.132. The number of nitrogens with zero attached hydrogens (tertiary/aromatic N) is 1. The summed E-state index contributed by atoms with van der Waals surface area (Å²) >= 11 is 0. The molecule has 0 spiro atoms. The van der Waals surface area contributed by atoms with Crippen LogP contribution < -0.4 is 9.64 Å². The van der Waals surface area contributed by atoms with Crippen molar-refractivity contribution >= 4 is 23.1 Å². The van der Waals surface area contributed by atoms with Crippen LogP contribution in [0.4, 0.5) is 5.69 Å². The van der Waals surface area contributed by atoms with Crippen molar-refractivity contribution in [2.24, 2.45) is 5.92 Å². The van der Waals surface area contributed by atoms with E-state index in [0.717, 1.165) is 28.0 Å². The Kier molecular flexibility index (Phi) is 7.53. The van der Waals surface area contributed by atoms with Crippen LogP contribution in [0.15, 0.2) is 72.3 Å². The smallest absolute Gasteiger partial charge is 0.300 e. The van der Waals surface area contributed by atoms with Gasteiger partial charge in [-0.15, -0.1) is 0 Å². The highest BCUT2D eigenvalue weighted by molar-refractivity contribution is 6.51. The van der Waals surface area contributed by atoms with Crippen LogP contribution in [0.5, 0.6) is 5.75 Å². The minimum atomic E-state index is -0.748. The number of ketones is 1. The molecule has 192 valence electrons. The minimum absolute atomic E-state index is 0.0822. The number of Topliss-reactive ketones (excluding diaryl/α,β-unsaturated/α-hetero) is 1. The third-order valence-electron chi connectivity index (χ3n) is 6.66. The van der Waals surface area contributed by atoms with Gasteiger partial charge in [0.2, 0.25) is 0 Å². The van der Waals surface area contributed by atoms with Gasteiger partial charge in [-0.2, -0.15) is 0 Å². The van der Waals surface area contributed by atoms with E-state index in [1.807, 2.05) is 62.4 Å². The Bertz CT molecular complexity index is 1350. The second-order valence-corrected chi connectivity index (χ2v) is 10.5. The maximum atomic E-state index is 13.4. The largest absolute Gasteiger partial charge is 0.507 e. The molecule has 4 rings (SSSR count). The fourth-order valence-corrected chi connectivity index (χ4v) is 4.64. The lowest BCUT2D eigenvalue weighted by atomic mass is 9.93. The number of benzene rings is 3. The molecule has 5 nitrogen and oxygen atoms in total. The molecule has 3 aromatic carbocycles. The van der Waals surface area contributed by atoms with Crippen LogP contribution in [0.2, 0.25) is 0 Å². The first-order valence-corrected chi connectivity index (χ1v) is 12.8. The Balaban J connectivity index is 1.84. The first kappa shape index (κ1) is 26.2. The Morgan fingerprint density at radius 1 is 0.946 bits per heavy atom. The molecule has 0 aliphatic carbocycles. The van der Waals surface area contributed by atoms with Crippen molar-refractivity contribution in [3.63, 3.8) is 0 Å². The normalized spacial score (nSPS) is 17.2. The molecular weight excluding hydrogens is 462 g/mol. The fourth-order valence-electron chi connectivity index (χ4n) is 4.64. The molecule has 0 saturated carbocycles. The van der Waals surface area contributed by atoms with E-state index in [0.29, 0.717) is 29.7 Å². The predicted octanol–water partition coefficient (Wildman–Crippen LogP) is 7.09. The molecule has 37 heavy (non-hydrogen) atoms. The molecule has 1 aliphatic heterocycles. The van der Waals surface area contributed by atoms with Crippen molar-refractivity contribution in [3.05, 3.63) is 100 Å². The van der Waals surface area contributed by atoms with E-state index in [1.54, 1.807) is 18.2 Å². The van der Waals surface area contributed by atoms with Gasteiger partial charge in [-0.25, -0.2) is 0 Å². The number of hydrogen-bond donors (Lipinski definition) is 1. The number of hydrogen-bond acceptors (Lipinski definition) is 4. The summed E-state index contributed by atoms with van der Waals surface area (Å²) < 4.78 is 5.87. The molecule has 1 unspecified atom stereocenters. The summed E-state index contributed by atoms with van der Waals surface area (Å²) in [7, 11) is 0. The molecule has 1 atom stereocenters. The molecule has 1 saturated heterocycles. The molecule has 0 bridgehead atoms. The number of rotatable bonds is 7. The van der Waals surface area contributed by atoms with Gasteiger partial charge in [-0.3, -0.25) is 14.5 Å². The SMILES string of the molecule is Cc1cccc(C2/C(=C(/O)c3ccc(OCC(C)C)c(C)c3)C(=O)C(=O)N2c2ccc(C(C)C)cc2)c1. The molecule has 3 aromatic rings. The summed E-state index contributed by atoms with van der Waals surface area (Å²) in [5, 5.41) is 11.5. The molecule has 1 N–H and O–H groups in total. The van der Waals surface area contributed by atoms with Crippen molar-refractivity contribution in [2.75, 3.05) is 11.5 Å². The number of anilines is 1. The van der Waals surface area contributed by atoms with Crippen LogP contribution in [0.25, 0.3) is 5.76 Å². The number of aryl methyl sites for hydroxylation is 2. The quantitative estimate of drug-likeness (QED) is 0.215. The summed E-state index contributed by atoms with van der Waals surface area (Å²) in [4.78, 5) is 28.4. The zero-order chi connectivity index (χ0) is 26.9. The second-order valence-electron chi connectivity index (χ2n) is 10.5. The summed E-state index contributed by atoms with van der Waals surface area (Å²) in [5.74, 6) is -0.0929. The lowest BCUT2D eigenvalue weighted by Crippen LogP contribution is -2.29. The molecule has 1 amide bonds. The Labute approximate surface area is 219 Å². The number of aliphatic hydroxyl groups is 1. The zero-order valence-electron chi connectivity index (χ0n) is 22.4. The van der Waals surface area contributed by atoms with Gasteiger partial charge in [0.1, 0.15) is 11.5 Å². The van der Waals surface area contributed by atoms with Crippen LogP contribution in [0.3, 0.4) is 0 Å². The van der Waals surface area contributed by atoms with E-state index in [1.165, 1.54) is 4.90 Å². The summed E-state index contributed by atoms with van der Waals surface area (Å²) in [5.41, 5.74) is 4.92. The Morgan fingerprint density at radius 3 is 2.24 bits per heavy atom. The number of carbonyl (C=O) groups excluding carboxylic acids is 2. The summed E-state index contributed by atoms with van der Waals surface area (Å²) in [6.07, 6.45) is 0. The predicted molar refractivity (Wildman–Crippen MR) is 148 cm³/mol. The standard InChI is InChI=1S/C32H35NO4/c1-19(2)18-37-27-15-12-25(17-22(27)6)30(34)28-29(24-9-7-8-21(5)16-24)33(32(36)31(28)35)26-13-10-23(11-14-26)20(3)4/h7-17,19-20,29,34H,18H2,1-6H3/b30-28-. The maximum Gasteiger partial charge on any atom is 0.300 e. The number of amides is 1. The van der Waals surface area contributed by atoms with Crippen LogP contribution in [0.1, 0.15) is 67.5 Å². The number of carbonyl (C=O) groups is 2. The average molecular weight is 498 g/mol. The number of aliphatic hydroxyl groups excluding tert-OH is 1. The first-order chi connectivity index (χ1) is 17.6. The third-order valence-corrected chi connectivity index (χ3v) is 6.66. The van der Waals surface area contributed by atoms with Crippen molar-refractivity contribution in [3.8, 4) is 5.75 Å². The van der Waals surface area contributed by atoms with E-state index in [2.05, 4.69) is 27.7 Å². The van der Waals surface area contributed by atoms with Crippen LogP contribution in [-0.4, -0.2) is 23.4 Å². The monoisotopic (exact) mass is 497 g/mol. The highest BCUT2D eigenvalue weighted by Gasteiger charge is 2.47. The molecule has 0 aromatic heterocycles. The van der Waals surface area contributed by atoms with Crippen LogP contribution >= 0.6 is 0 Å². The van der Waals surface area contributed by atoms with E-state index in [4.69, 9.17) is 4.74 Å². The van der Waals surface area contributed by atoms with E-state index < -0.39 is 17.7 Å². The van der Waals surface area contributed by atoms with Crippen LogP contribution in [-0.2, 0) is 9.59 Å². The molecule has 1 heterocycles. The van der Waals surface area contributed by atoms with Crippen molar-refractivity contribution < 1.29 is 19.4 Å². The highest BCUT2D eigenvalue weighted by Crippen LogP contribution is 2.42. The first-order valence-electron chi connectivity index (χ1n) is 12.8. The lowest BCUT2D eigenvalue weighted by Gasteiger charge is -2.26. The van der Waals surface area contributed by atoms with Crippen molar-refractivity contribution in [2.45, 2.75) is 53.5 Å². The van der Waals surface area contributed by atoms with Gasteiger partial charge in [0.05, 0.1) is 18.2 Å².